The van der Waals surface area contributed by atoms with Gasteiger partial charge in [-0.3, -0.25) is 24.8 Å². The van der Waals surface area contributed by atoms with Crippen molar-refractivity contribution < 1.29 is 14.0 Å². The molecule has 5 nitrogen and oxygen atoms in total. The minimum Gasteiger partial charge on any atom is -0.295 e. The Kier molecular flexibility index (Phi) is 2.77. The molecule has 98 valence electrons. The number of hydrogen-bond donors (Lipinski definition) is 1. The molecule has 2 aliphatic rings. The largest absolute Gasteiger partial charge is 0.295 e. The zero-order chi connectivity index (χ0) is 13.4. The second-order valence-corrected chi connectivity index (χ2v) is 4.53. The van der Waals surface area contributed by atoms with Crippen LogP contribution < -0.4 is 5.32 Å². The molecule has 0 spiro atoms. The number of hydrogen-bond acceptors (Lipinski definition) is 3. The van der Waals surface area contributed by atoms with Crippen molar-refractivity contribution in [2.75, 3.05) is 13.1 Å². The van der Waals surface area contributed by atoms with Crippen LogP contribution in [0.2, 0.25) is 0 Å². The summed E-state index contributed by atoms with van der Waals surface area (Å²) in [5.74, 6) is -1.93. The lowest BCUT2D eigenvalue weighted by atomic mass is 9.94. The minimum absolute atomic E-state index is 0.314. The minimum atomic E-state index is -0.993. The van der Waals surface area contributed by atoms with Gasteiger partial charge < -0.3 is 0 Å². The monoisotopic (exact) mass is 261 g/mol. The normalized spacial score (nSPS) is 22.7. The number of nitrogens with zero attached hydrogens (tertiary/aromatic N) is 2. The lowest BCUT2D eigenvalue weighted by Gasteiger charge is -2.35. The Bertz CT molecular complexity index is 585. The molecule has 1 N–H and O–H groups in total. The van der Waals surface area contributed by atoms with E-state index in [2.05, 4.69) is 10.3 Å². The van der Waals surface area contributed by atoms with Crippen LogP contribution in [-0.4, -0.2) is 35.8 Å². The molecule has 6 heteroatoms. The summed E-state index contributed by atoms with van der Waals surface area (Å²) in [7, 11) is 0. The maximum absolute atomic E-state index is 13.2. The van der Waals surface area contributed by atoms with Crippen LogP contribution in [0.5, 0.6) is 0 Å². The quantitative estimate of drug-likeness (QED) is 0.754. The molecular formula is C13H12FN3O2. The maximum Gasteiger partial charge on any atom is 0.246 e. The lowest BCUT2D eigenvalue weighted by molar-refractivity contribution is -0.137. The molecule has 1 aromatic rings. The highest BCUT2D eigenvalue weighted by molar-refractivity contribution is 6.20. The van der Waals surface area contributed by atoms with Crippen LogP contribution in [0.1, 0.15) is 17.9 Å². The third kappa shape index (κ3) is 1.99. The number of rotatable bonds is 1. The molecule has 1 atom stereocenters. The average molecular weight is 261 g/mol. The highest BCUT2D eigenvalue weighted by Gasteiger charge is 2.40. The Labute approximate surface area is 109 Å². The highest BCUT2D eigenvalue weighted by Crippen LogP contribution is 2.24. The third-order valence-corrected chi connectivity index (χ3v) is 3.25. The molecule has 1 unspecified atom stereocenters. The fourth-order valence-electron chi connectivity index (χ4n) is 2.36. The average Bonchev–Trinajstić information content (AvgIpc) is 2.39. The zero-order valence-electron chi connectivity index (χ0n) is 10.1. The summed E-state index contributed by atoms with van der Waals surface area (Å²) in [5, 5.41) is 2.61. The number of halogens is 1. The van der Waals surface area contributed by atoms with Gasteiger partial charge in [-0.15, -0.1) is 0 Å². The number of benzene rings is 1. The third-order valence-electron chi connectivity index (χ3n) is 3.25. The van der Waals surface area contributed by atoms with Gasteiger partial charge in [-0.1, -0.05) is 12.1 Å². The number of nitrogens with one attached hydrogen (secondary N) is 1. The van der Waals surface area contributed by atoms with Crippen LogP contribution in [0.15, 0.2) is 29.3 Å². The fraction of sp³-hybridized carbons (Fsp3) is 0.308. The van der Waals surface area contributed by atoms with Crippen molar-refractivity contribution >= 4 is 17.8 Å². The molecule has 1 saturated heterocycles. The first kappa shape index (κ1) is 11.8. The molecule has 2 heterocycles. The summed E-state index contributed by atoms with van der Waals surface area (Å²) in [4.78, 5) is 29.9. The van der Waals surface area contributed by atoms with E-state index in [1.54, 1.807) is 6.07 Å². The summed E-state index contributed by atoms with van der Waals surface area (Å²) >= 11 is 0. The second kappa shape index (κ2) is 4.46. The van der Waals surface area contributed by atoms with E-state index >= 15 is 0 Å². The molecule has 2 amide bonds. The lowest BCUT2D eigenvalue weighted by Crippen LogP contribution is -2.59. The van der Waals surface area contributed by atoms with Gasteiger partial charge >= 0.3 is 0 Å². The van der Waals surface area contributed by atoms with Gasteiger partial charge in [-0.05, 0) is 24.1 Å². The van der Waals surface area contributed by atoms with Crippen LogP contribution in [0.3, 0.4) is 0 Å². The Morgan fingerprint density at radius 1 is 1.37 bits per heavy atom. The van der Waals surface area contributed by atoms with Gasteiger partial charge in [0.2, 0.25) is 17.8 Å². The number of aliphatic imine (C=N–C) groups is 1. The zero-order valence-corrected chi connectivity index (χ0v) is 10.1. The Morgan fingerprint density at radius 3 is 3.00 bits per heavy atom. The van der Waals surface area contributed by atoms with Gasteiger partial charge in [-0.25, -0.2) is 4.39 Å². The van der Waals surface area contributed by atoms with Gasteiger partial charge in [0.15, 0.2) is 0 Å². The molecule has 3 rings (SSSR count). The fourth-order valence-corrected chi connectivity index (χ4v) is 2.36. The van der Waals surface area contributed by atoms with Crippen molar-refractivity contribution in [1.82, 2.24) is 10.2 Å². The molecule has 0 aromatic heterocycles. The molecule has 0 aliphatic carbocycles. The van der Waals surface area contributed by atoms with E-state index in [0.29, 0.717) is 24.6 Å². The molecule has 0 radical (unpaired) electrons. The topological polar surface area (TPSA) is 61.8 Å². The van der Waals surface area contributed by atoms with Crippen molar-refractivity contribution in [3.05, 3.63) is 35.6 Å². The van der Waals surface area contributed by atoms with Gasteiger partial charge in [0.05, 0.1) is 0 Å². The summed E-state index contributed by atoms with van der Waals surface area (Å²) in [6.07, 6.45) is 0.765. The van der Waals surface area contributed by atoms with Gasteiger partial charge in [0, 0.05) is 13.1 Å². The van der Waals surface area contributed by atoms with Gasteiger partial charge in [-0.2, -0.15) is 0 Å². The van der Waals surface area contributed by atoms with Crippen molar-refractivity contribution in [2.45, 2.75) is 12.3 Å². The molecule has 0 bridgehead atoms. The van der Waals surface area contributed by atoms with Crippen molar-refractivity contribution in [1.29, 1.82) is 0 Å². The first-order valence-corrected chi connectivity index (χ1v) is 6.09. The van der Waals surface area contributed by atoms with Gasteiger partial charge in [0.25, 0.3) is 0 Å². The molecule has 1 aromatic carbocycles. The van der Waals surface area contributed by atoms with Crippen LogP contribution in [0, 0.1) is 5.82 Å². The van der Waals surface area contributed by atoms with E-state index in [-0.39, 0.29) is 5.91 Å². The predicted molar refractivity (Wildman–Crippen MR) is 65.9 cm³/mol. The summed E-state index contributed by atoms with van der Waals surface area (Å²) in [6, 6.07) is 5.57. The smallest absolute Gasteiger partial charge is 0.246 e. The SMILES string of the molecule is O=C1NC2=NCCCN2C(=O)C1c1cccc(F)c1. The van der Waals surface area contributed by atoms with E-state index < -0.39 is 17.6 Å². The first-order chi connectivity index (χ1) is 9.16. The first-order valence-electron chi connectivity index (χ1n) is 6.09. The van der Waals surface area contributed by atoms with Crippen molar-refractivity contribution in [3.8, 4) is 0 Å². The molecule has 19 heavy (non-hydrogen) atoms. The molecule has 0 saturated carbocycles. The summed E-state index contributed by atoms with van der Waals surface area (Å²) in [6.45, 7) is 1.13. The number of amides is 2. The molecule has 1 fully saturated rings. The maximum atomic E-state index is 13.2. The van der Waals surface area contributed by atoms with E-state index in [1.807, 2.05) is 0 Å². The molecular weight excluding hydrogens is 249 g/mol. The number of fused-ring (bicyclic) bond motifs is 1. The standard InChI is InChI=1S/C13H12FN3O2/c14-9-4-1-3-8(7-9)10-11(18)16-13-15-5-2-6-17(13)12(10)19/h1,3-4,7,10H,2,5-6H2,(H,15,16,18). The summed E-state index contributed by atoms with van der Waals surface area (Å²) in [5.41, 5.74) is 0.368. The Balaban J connectivity index is 1.98. The number of guanidine groups is 1. The van der Waals surface area contributed by atoms with E-state index in [9.17, 15) is 14.0 Å². The van der Waals surface area contributed by atoms with E-state index in [1.165, 1.54) is 23.1 Å². The van der Waals surface area contributed by atoms with Gasteiger partial charge in [0.1, 0.15) is 11.7 Å². The van der Waals surface area contributed by atoms with Crippen LogP contribution >= 0.6 is 0 Å². The predicted octanol–water partition coefficient (Wildman–Crippen LogP) is 0.627. The number of carbonyl (C=O) groups excluding carboxylic acids is 2. The molecule has 2 aliphatic heterocycles. The van der Waals surface area contributed by atoms with Crippen molar-refractivity contribution in [3.63, 3.8) is 0 Å². The number of carbonyl (C=O) groups is 2. The van der Waals surface area contributed by atoms with Crippen molar-refractivity contribution in [2.24, 2.45) is 4.99 Å². The Hall–Kier alpha value is -2.24. The van der Waals surface area contributed by atoms with Crippen LogP contribution in [-0.2, 0) is 9.59 Å². The highest BCUT2D eigenvalue weighted by atomic mass is 19.1. The summed E-state index contributed by atoms with van der Waals surface area (Å²) < 4.78 is 13.2. The van der Waals surface area contributed by atoms with E-state index in [0.717, 1.165) is 6.42 Å². The second-order valence-electron chi connectivity index (χ2n) is 4.53. The van der Waals surface area contributed by atoms with E-state index in [4.69, 9.17) is 0 Å². The van der Waals surface area contributed by atoms with Crippen LogP contribution in [0.25, 0.3) is 0 Å². The Morgan fingerprint density at radius 2 is 2.21 bits per heavy atom. The van der Waals surface area contributed by atoms with Crippen LogP contribution in [0.4, 0.5) is 4.39 Å².